The second-order valence-corrected chi connectivity index (χ2v) is 4.19. The first kappa shape index (κ1) is 7.22. The van der Waals surface area contributed by atoms with Gasteiger partial charge in [0.25, 0.3) is 0 Å². The number of hydrogen-bond donors (Lipinski definition) is 0. The van der Waals surface area contributed by atoms with E-state index in [2.05, 4.69) is 15.9 Å². The van der Waals surface area contributed by atoms with Gasteiger partial charge in [-0.2, -0.15) is 0 Å². The van der Waals surface area contributed by atoms with Crippen LogP contribution in [0.4, 0.5) is 4.39 Å². The monoisotopic (exact) mass is 208 g/mol. The molecule has 0 saturated heterocycles. The molecule has 0 saturated carbocycles. The predicted molar refractivity (Wildman–Crippen MR) is 41.4 cm³/mol. The highest BCUT2D eigenvalue weighted by atomic mass is 79.9. The average Bonchev–Trinajstić information content (AvgIpc) is 2.10. The van der Waals surface area contributed by atoms with Gasteiger partial charge in [-0.15, -0.1) is 11.3 Å². The zero-order valence-corrected chi connectivity index (χ0v) is 7.35. The molecule has 0 aliphatic heterocycles. The summed E-state index contributed by atoms with van der Waals surface area (Å²) in [6, 6.07) is 1.50. The van der Waals surface area contributed by atoms with Crippen molar-refractivity contribution in [2.45, 2.75) is 13.3 Å². The number of halogens is 2. The van der Waals surface area contributed by atoms with Gasteiger partial charge in [-0.1, -0.05) is 6.92 Å². The molecule has 0 aliphatic rings. The molecule has 0 fully saturated rings. The highest BCUT2D eigenvalue weighted by Crippen LogP contribution is 2.25. The first-order valence-corrected chi connectivity index (χ1v) is 4.28. The van der Waals surface area contributed by atoms with Gasteiger partial charge in [0.2, 0.25) is 0 Å². The van der Waals surface area contributed by atoms with Crippen molar-refractivity contribution in [3.05, 3.63) is 20.5 Å². The fraction of sp³-hybridized carbons (Fsp3) is 0.333. The van der Waals surface area contributed by atoms with Crippen molar-refractivity contribution in [2.75, 3.05) is 0 Å². The molecule has 0 spiro atoms. The second kappa shape index (κ2) is 2.80. The van der Waals surface area contributed by atoms with Crippen LogP contribution < -0.4 is 0 Å². The molecule has 0 radical (unpaired) electrons. The highest BCUT2D eigenvalue weighted by molar-refractivity contribution is 9.11. The van der Waals surface area contributed by atoms with Crippen molar-refractivity contribution >= 4 is 27.3 Å². The van der Waals surface area contributed by atoms with Crippen LogP contribution in [-0.4, -0.2) is 0 Å². The molecule has 0 N–H and O–H groups in total. The molecule has 50 valence electrons. The topological polar surface area (TPSA) is 0 Å². The van der Waals surface area contributed by atoms with Gasteiger partial charge in [0.05, 0.1) is 3.79 Å². The van der Waals surface area contributed by atoms with Crippen molar-refractivity contribution in [1.29, 1.82) is 0 Å². The molecule has 0 unspecified atom stereocenters. The van der Waals surface area contributed by atoms with E-state index in [4.69, 9.17) is 0 Å². The summed E-state index contributed by atoms with van der Waals surface area (Å²) in [7, 11) is 0. The predicted octanol–water partition coefficient (Wildman–Crippen LogP) is 3.21. The molecule has 0 aromatic carbocycles. The molecule has 0 aliphatic carbocycles. The summed E-state index contributed by atoms with van der Waals surface area (Å²) < 4.78 is 13.5. The average molecular weight is 209 g/mol. The van der Waals surface area contributed by atoms with Gasteiger partial charge in [0, 0.05) is 4.88 Å². The van der Waals surface area contributed by atoms with Crippen LogP contribution in [0.5, 0.6) is 0 Å². The Balaban J connectivity index is 3.01. The lowest BCUT2D eigenvalue weighted by Crippen LogP contribution is -1.74. The normalized spacial score (nSPS) is 10.1. The Morgan fingerprint density at radius 2 is 2.44 bits per heavy atom. The van der Waals surface area contributed by atoms with E-state index in [9.17, 15) is 4.39 Å². The second-order valence-electron chi connectivity index (χ2n) is 1.68. The smallest absolute Gasteiger partial charge is 0.138 e. The fourth-order valence-electron chi connectivity index (χ4n) is 0.617. The first-order valence-electron chi connectivity index (χ1n) is 2.67. The largest absolute Gasteiger partial charge is 0.206 e. The summed E-state index contributed by atoms with van der Waals surface area (Å²) in [4.78, 5) is 0.821. The maximum absolute atomic E-state index is 12.6. The Bertz CT molecular complexity index is 207. The molecule has 1 heterocycles. The highest BCUT2D eigenvalue weighted by Gasteiger charge is 2.03. The molecular weight excluding hydrogens is 203 g/mol. The van der Waals surface area contributed by atoms with Crippen LogP contribution >= 0.6 is 27.3 Å². The summed E-state index contributed by atoms with van der Waals surface area (Å²) in [5.74, 6) is -0.0885. The Labute approximate surface area is 65.8 Å². The zero-order chi connectivity index (χ0) is 6.85. The zero-order valence-electron chi connectivity index (χ0n) is 4.95. The molecule has 3 heteroatoms. The van der Waals surface area contributed by atoms with Gasteiger partial charge in [0.15, 0.2) is 0 Å². The minimum absolute atomic E-state index is 0.0885. The van der Waals surface area contributed by atoms with Gasteiger partial charge in [-0.3, -0.25) is 0 Å². The van der Waals surface area contributed by atoms with Crippen LogP contribution in [0, 0.1) is 5.82 Å². The molecule has 0 atom stereocenters. The van der Waals surface area contributed by atoms with Crippen molar-refractivity contribution in [3.8, 4) is 0 Å². The van der Waals surface area contributed by atoms with E-state index in [1.54, 1.807) is 0 Å². The fourth-order valence-corrected chi connectivity index (χ4v) is 2.10. The standard InChI is InChI=1S/C6H6BrFS/c1-2-5-4(8)3-6(7)9-5/h3H,2H2,1H3. The Hall–Kier alpha value is 0.110. The van der Waals surface area contributed by atoms with E-state index in [-0.39, 0.29) is 5.82 Å². The third kappa shape index (κ3) is 1.52. The summed E-state index contributed by atoms with van der Waals surface area (Å²) in [5.41, 5.74) is 0. The van der Waals surface area contributed by atoms with Gasteiger partial charge in [-0.25, -0.2) is 4.39 Å². The van der Waals surface area contributed by atoms with Crippen LogP contribution in [-0.2, 0) is 6.42 Å². The molecule has 0 amide bonds. The Kier molecular flexibility index (Phi) is 2.24. The van der Waals surface area contributed by atoms with Gasteiger partial charge in [-0.05, 0) is 28.4 Å². The van der Waals surface area contributed by atoms with Crippen LogP contribution in [0.3, 0.4) is 0 Å². The molecule has 0 nitrogen and oxygen atoms in total. The van der Waals surface area contributed by atoms with Crippen LogP contribution in [0.2, 0.25) is 0 Å². The molecule has 1 aromatic heterocycles. The maximum Gasteiger partial charge on any atom is 0.138 e. The third-order valence-corrected chi connectivity index (χ3v) is 2.81. The number of rotatable bonds is 1. The molecule has 9 heavy (non-hydrogen) atoms. The van der Waals surface area contributed by atoms with E-state index in [1.807, 2.05) is 6.92 Å². The molecular formula is C6H6BrFS. The van der Waals surface area contributed by atoms with E-state index >= 15 is 0 Å². The van der Waals surface area contributed by atoms with Crippen molar-refractivity contribution in [1.82, 2.24) is 0 Å². The summed E-state index contributed by atoms with van der Waals surface area (Å²) in [6.45, 7) is 1.95. The van der Waals surface area contributed by atoms with Crippen LogP contribution in [0.25, 0.3) is 0 Å². The minimum Gasteiger partial charge on any atom is -0.206 e. The number of thiophene rings is 1. The summed E-state index contributed by atoms with van der Waals surface area (Å²) >= 11 is 4.66. The van der Waals surface area contributed by atoms with E-state index in [0.29, 0.717) is 0 Å². The van der Waals surface area contributed by atoms with Crippen molar-refractivity contribution in [2.24, 2.45) is 0 Å². The van der Waals surface area contributed by atoms with Gasteiger partial charge < -0.3 is 0 Å². The number of hydrogen-bond acceptors (Lipinski definition) is 1. The lowest BCUT2D eigenvalue weighted by atomic mass is 10.4. The van der Waals surface area contributed by atoms with Crippen molar-refractivity contribution < 1.29 is 4.39 Å². The maximum atomic E-state index is 12.6. The first-order chi connectivity index (χ1) is 4.24. The molecule has 1 rings (SSSR count). The van der Waals surface area contributed by atoms with E-state index in [0.717, 1.165) is 15.1 Å². The summed E-state index contributed by atoms with van der Waals surface area (Å²) in [6.07, 6.45) is 0.780. The summed E-state index contributed by atoms with van der Waals surface area (Å²) in [5, 5.41) is 0. The number of aryl methyl sites for hydroxylation is 1. The van der Waals surface area contributed by atoms with Crippen LogP contribution in [0.15, 0.2) is 9.85 Å². The lowest BCUT2D eigenvalue weighted by molar-refractivity contribution is 0.620. The van der Waals surface area contributed by atoms with E-state index < -0.39 is 0 Å². The molecule has 0 bridgehead atoms. The Morgan fingerprint density at radius 1 is 1.78 bits per heavy atom. The molecule has 1 aromatic rings. The van der Waals surface area contributed by atoms with Crippen molar-refractivity contribution in [3.63, 3.8) is 0 Å². The quantitative estimate of drug-likeness (QED) is 0.666. The van der Waals surface area contributed by atoms with Gasteiger partial charge in [0.1, 0.15) is 5.82 Å². The SMILES string of the molecule is CCc1sc(Br)cc1F. The van der Waals surface area contributed by atoms with E-state index in [1.165, 1.54) is 17.4 Å². The third-order valence-electron chi connectivity index (χ3n) is 1.05. The lowest BCUT2D eigenvalue weighted by Gasteiger charge is -1.83. The Morgan fingerprint density at radius 3 is 2.67 bits per heavy atom. The minimum atomic E-state index is -0.0885. The van der Waals surface area contributed by atoms with Gasteiger partial charge >= 0.3 is 0 Å². The van der Waals surface area contributed by atoms with Crippen LogP contribution in [0.1, 0.15) is 11.8 Å².